The molecule has 0 saturated carbocycles. The van der Waals surface area contributed by atoms with Gasteiger partial charge in [0, 0.05) is 17.6 Å². The number of fused-ring (bicyclic) bond motifs is 1. The molecule has 14 heteroatoms. The predicted octanol–water partition coefficient (Wildman–Crippen LogP) is 3.18. The summed E-state index contributed by atoms with van der Waals surface area (Å²) >= 11 is 0. The summed E-state index contributed by atoms with van der Waals surface area (Å²) in [6.45, 7) is 1.08. The molecule has 5 rings (SSSR count). The van der Waals surface area contributed by atoms with Gasteiger partial charge in [-0.05, 0) is 36.4 Å². The molecule has 39 heavy (non-hydrogen) atoms. The first-order valence-corrected chi connectivity index (χ1v) is 13.2. The van der Waals surface area contributed by atoms with E-state index in [9.17, 15) is 23.3 Å². The highest BCUT2D eigenvalue weighted by Gasteiger charge is 2.26. The Kier molecular flexibility index (Phi) is 7.40. The molecular formula is C25H22N4O9S. The third kappa shape index (κ3) is 5.98. The summed E-state index contributed by atoms with van der Waals surface area (Å²) in [4.78, 5) is 30.6. The first kappa shape index (κ1) is 26.1. The fraction of sp³-hybridized carbons (Fsp3) is 0.200. The fourth-order valence-electron chi connectivity index (χ4n) is 3.83. The molecule has 202 valence electrons. The number of carbonyl (C=O) groups excluding carboxylic acids is 1. The second kappa shape index (κ2) is 11.1. The second-order valence-electron chi connectivity index (χ2n) is 8.38. The van der Waals surface area contributed by atoms with Gasteiger partial charge in [-0.2, -0.15) is 0 Å². The number of nitro benzene ring substituents is 1. The van der Waals surface area contributed by atoms with Crippen LogP contribution in [0.5, 0.6) is 17.2 Å². The summed E-state index contributed by atoms with van der Waals surface area (Å²) in [6, 6.07) is 12.6. The van der Waals surface area contributed by atoms with Crippen LogP contribution in [0.2, 0.25) is 0 Å². The smallest absolute Gasteiger partial charge is 0.312 e. The summed E-state index contributed by atoms with van der Waals surface area (Å²) in [7, 11) is -4.50. The number of hydrogen-bond donors (Lipinski definition) is 2. The number of rotatable bonds is 9. The minimum atomic E-state index is -4.50. The van der Waals surface area contributed by atoms with Crippen molar-refractivity contribution in [3.8, 4) is 17.2 Å². The second-order valence-corrected chi connectivity index (χ2v) is 10.1. The van der Waals surface area contributed by atoms with E-state index >= 15 is 0 Å². The quantitative estimate of drug-likeness (QED) is 0.231. The number of H-pyrrole nitrogens is 1. The molecule has 4 aromatic rings. The number of nitrogens with one attached hydrogen (secondary N) is 2. The van der Waals surface area contributed by atoms with Gasteiger partial charge in [0.15, 0.2) is 5.75 Å². The summed E-state index contributed by atoms with van der Waals surface area (Å²) in [5, 5.41) is 12.4. The molecule has 1 amide bonds. The van der Waals surface area contributed by atoms with E-state index in [2.05, 4.69) is 9.97 Å². The predicted molar refractivity (Wildman–Crippen MR) is 136 cm³/mol. The zero-order chi connectivity index (χ0) is 27.4. The van der Waals surface area contributed by atoms with Gasteiger partial charge in [-0.1, -0.05) is 12.1 Å². The summed E-state index contributed by atoms with van der Waals surface area (Å²) < 4.78 is 50.0. The van der Waals surface area contributed by atoms with Gasteiger partial charge >= 0.3 is 5.69 Å². The molecule has 0 aliphatic carbocycles. The molecule has 0 unspecified atom stereocenters. The van der Waals surface area contributed by atoms with Crippen LogP contribution in [0.3, 0.4) is 0 Å². The number of aromatic nitrogens is 2. The maximum Gasteiger partial charge on any atom is 0.312 e. The maximum atomic E-state index is 13.0. The highest BCUT2D eigenvalue weighted by Crippen LogP contribution is 2.31. The lowest BCUT2D eigenvalue weighted by Gasteiger charge is -2.22. The van der Waals surface area contributed by atoms with E-state index in [1.807, 2.05) is 4.72 Å². The van der Waals surface area contributed by atoms with Gasteiger partial charge in [-0.15, -0.1) is 0 Å². The summed E-state index contributed by atoms with van der Waals surface area (Å²) in [5.41, 5.74) is -0.000788. The molecule has 1 saturated heterocycles. The van der Waals surface area contributed by atoms with Crippen molar-refractivity contribution in [3.05, 3.63) is 82.7 Å². The van der Waals surface area contributed by atoms with Crippen molar-refractivity contribution in [1.29, 1.82) is 0 Å². The number of sulfonamides is 1. The Balaban J connectivity index is 1.33. The van der Waals surface area contributed by atoms with E-state index in [4.69, 9.17) is 18.9 Å². The topological polar surface area (TPSA) is 172 Å². The maximum absolute atomic E-state index is 13.0. The lowest BCUT2D eigenvalue weighted by atomic mass is 10.2. The van der Waals surface area contributed by atoms with Gasteiger partial charge in [-0.3, -0.25) is 14.9 Å². The zero-order valence-electron chi connectivity index (χ0n) is 20.2. The molecule has 3 heterocycles. The number of nitrogens with zero attached hydrogens (tertiary/aromatic N) is 2. The molecule has 1 aliphatic heterocycles. The first-order valence-electron chi connectivity index (χ1n) is 11.7. The number of amides is 1. The molecule has 13 nitrogen and oxygen atoms in total. The van der Waals surface area contributed by atoms with Gasteiger partial charge in [-0.25, -0.2) is 18.1 Å². The van der Waals surface area contributed by atoms with E-state index in [0.717, 1.165) is 23.6 Å². The normalized spacial score (nSPS) is 15.5. The zero-order valence-corrected chi connectivity index (χ0v) is 21.1. The van der Waals surface area contributed by atoms with Crippen LogP contribution in [-0.4, -0.2) is 61.7 Å². The van der Waals surface area contributed by atoms with Crippen molar-refractivity contribution < 1.29 is 37.1 Å². The Hall–Kier alpha value is -4.53. The van der Waals surface area contributed by atoms with Crippen LogP contribution in [0, 0.1) is 10.1 Å². The van der Waals surface area contributed by atoms with Gasteiger partial charge in [0.25, 0.3) is 15.9 Å². The average Bonchev–Trinajstić information content (AvgIpc) is 3.40. The molecule has 2 aromatic carbocycles. The monoisotopic (exact) mass is 554 g/mol. The van der Waals surface area contributed by atoms with Crippen LogP contribution in [0.1, 0.15) is 10.4 Å². The minimum Gasteiger partial charge on any atom is -0.484 e. The summed E-state index contributed by atoms with van der Waals surface area (Å²) in [6.07, 6.45) is 2.76. The van der Waals surface area contributed by atoms with Crippen LogP contribution in [0.15, 0.2) is 71.9 Å². The molecular weight excluding hydrogens is 532 g/mol. The Bertz CT molecular complexity index is 1630. The molecule has 1 atom stereocenters. The molecule has 0 bridgehead atoms. The minimum absolute atomic E-state index is 0.0208. The summed E-state index contributed by atoms with van der Waals surface area (Å²) in [5.74, 6) is -0.711. The van der Waals surface area contributed by atoms with Crippen LogP contribution in [0.25, 0.3) is 11.0 Å². The Morgan fingerprint density at radius 1 is 1.15 bits per heavy atom. The Morgan fingerprint density at radius 2 is 2.00 bits per heavy atom. The molecule has 1 aliphatic rings. The van der Waals surface area contributed by atoms with Crippen molar-refractivity contribution in [3.63, 3.8) is 0 Å². The van der Waals surface area contributed by atoms with Gasteiger partial charge in [0.2, 0.25) is 0 Å². The number of aromatic amines is 1. The van der Waals surface area contributed by atoms with E-state index in [1.54, 1.807) is 30.5 Å². The van der Waals surface area contributed by atoms with Crippen LogP contribution in [0.4, 0.5) is 5.69 Å². The SMILES string of the molecule is O=C(NS(=O)(=O)c1ccc(OC[C@@H]2COCCO2)c([N+](=O)[O-])c1)c1ccccc1Oc1cnc2[nH]ccc2c1. The van der Waals surface area contributed by atoms with E-state index in [1.165, 1.54) is 18.3 Å². The largest absolute Gasteiger partial charge is 0.484 e. The van der Waals surface area contributed by atoms with Gasteiger partial charge in [0.05, 0.1) is 41.4 Å². The van der Waals surface area contributed by atoms with Crippen LogP contribution in [-0.2, 0) is 19.5 Å². The number of nitro groups is 1. The van der Waals surface area contributed by atoms with Crippen molar-refractivity contribution >= 4 is 32.7 Å². The standard InChI is InChI=1S/C25H22N4O9S/c30-25(20-3-1-2-4-22(20)38-17-11-16-7-8-26-24(16)27-13-17)28-39(33,34)19-5-6-23(21(12-19)29(31)32)37-15-18-14-35-9-10-36-18/h1-8,11-13,18H,9-10,14-15H2,(H,26,27)(H,28,30)/t18-/m0/s1. The number of pyridine rings is 1. The molecule has 1 fully saturated rings. The highest BCUT2D eigenvalue weighted by molar-refractivity contribution is 7.90. The third-order valence-corrected chi connectivity index (χ3v) is 7.04. The Morgan fingerprint density at radius 3 is 2.79 bits per heavy atom. The lowest BCUT2D eigenvalue weighted by Crippen LogP contribution is -2.33. The average molecular weight is 555 g/mol. The van der Waals surface area contributed by atoms with Crippen LogP contribution >= 0.6 is 0 Å². The van der Waals surface area contributed by atoms with Gasteiger partial charge < -0.3 is 23.9 Å². The van der Waals surface area contributed by atoms with Crippen molar-refractivity contribution in [2.24, 2.45) is 0 Å². The number of para-hydroxylation sites is 1. The molecule has 2 N–H and O–H groups in total. The molecule has 2 aromatic heterocycles. The number of ether oxygens (including phenoxy) is 4. The van der Waals surface area contributed by atoms with E-state index in [0.29, 0.717) is 24.6 Å². The lowest BCUT2D eigenvalue weighted by molar-refractivity contribution is -0.386. The van der Waals surface area contributed by atoms with Crippen molar-refractivity contribution in [2.45, 2.75) is 11.0 Å². The van der Waals surface area contributed by atoms with E-state index in [-0.39, 0.29) is 30.3 Å². The molecule has 0 spiro atoms. The highest BCUT2D eigenvalue weighted by atomic mass is 32.2. The van der Waals surface area contributed by atoms with Gasteiger partial charge in [0.1, 0.15) is 29.9 Å². The number of benzene rings is 2. The molecule has 0 radical (unpaired) electrons. The number of hydrogen-bond acceptors (Lipinski definition) is 10. The first-order chi connectivity index (χ1) is 18.8. The van der Waals surface area contributed by atoms with Crippen LogP contribution < -0.4 is 14.2 Å². The number of carbonyl (C=O) groups is 1. The fourth-order valence-corrected chi connectivity index (χ4v) is 4.81. The third-order valence-electron chi connectivity index (χ3n) is 5.71. The van der Waals surface area contributed by atoms with Crippen molar-refractivity contribution in [1.82, 2.24) is 14.7 Å². The van der Waals surface area contributed by atoms with E-state index < -0.39 is 37.5 Å². The van der Waals surface area contributed by atoms with Crippen molar-refractivity contribution in [2.75, 3.05) is 26.4 Å². The Labute approximate surface area is 221 Å².